The summed E-state index contributed by atoms with van der Waals surface area (Å²) in [5, 5.41) is 4.05. The van der Waals surface area contributed by atoms with Crippen molar-refractivity contribution in [3.8, 4) is 11.3 Å². The molecular weight excluding hydrogens is 418 g/mol. The van der Waals surface area contributed by atoms with Crippen molar-refractivity contribution in [1.29, 1.82) is 0 Å². The third-order valence-corrected chi connectivity index (χ3v) is 7.77. The molecule has 8 heteroatoms. The zero-order valence-electron chi connectivity index (χ0n) is 19.9. The molecule has 2 aromatic heterocycles. The van der Waals surface area contributed by atoms with Crippen LogP contribution in [-0.4, -0.2) is 76.8 Å². The summed E-state index contributed by atoms with van der Waals surface area (Å²) < 4.78 is 11.2. The number of likely N-dealkylation sites (tertiary alicyclic amines) is 2. The van der Waals surface area contributed by atoms with E-state index in [1.807, 2.05) is 19.2 Å². The summed E-state index contributed by atoms with van der Waals surface area (Å²) in [6.45, 7) is 9.84. The van der Waals surface area contributed by atoms with Gasteiger partial charge in [0.1, 0.15) is 5.82 Å². The van der Waals surface area contributed by atoms with Crippen molar-refractivity contribution in [1.82, 2.24) is 24.9 Å². The predicted molar refractivity (Wildman–Crippen MR) is 124 cm³/mol. The Balaban J connectivity index is 1.19. The molecule has 0 atom stereocenters. The van der Waals surface area contributed by atoms with E-state index in [1.165, 1.54) is 0 Å². The first-order valence-corrected chi connectivity index (χ1v) is 12.4. The van der Waals surface area contributed by atoms with E-state index >= 15 is 0 Å². The fraction of sp³-hybridized carbons (Fsp3) is 0.680. The molecule has 2 aromatic rings. The topological polar surface area (TPSA) is 84.6 Å². The zero-order chi connectivity index (χ0) is 22.8. The van der Waals surface area contributed by atoms with Gasteiger partial charge in [-0.25, -0.2) is 9.97 Å². The molecular formula is C25H35N5O3. The van der Waals surface area contributed by atoms with Gasteiger partial charge >= 0.3 is 0 Å². The molecule has 0 unspecified atom stereocenters. The van der Waals surface area contributed by atoms with Gasteiger partial charge in [-0.2, -0.15) is 0 Å². The first kappa shape index (κ1) is 22.5. The molecule has 0 saturated carbocycles. The molecule has 3 aliphatic rings. The van der Waals surface area contributed by atoms with E-state index in [0.717, 1.165) is 106 Å². The number of rotatable bonds is 5. The van der Waals surface area contributed by atoms with Crippen LogP contribution in [0.3, 0.4) is 0 Å². The lowest BCUT2D eigenvalue weighted by atomic mass is 9.78. The van der Waals surface area contributed by atoms with Crippen LogP contribution in [0.1, 0.15) is 62.2 Å². The quantitative estimate of drug-likeness (QED) is 0.687. The smallest absolute Gasteiger partial charge is 0.236 e. The number of carbonyl (C=O) groups excluding carboxylic acids is 1. The second-order valence-electron chi connectivity index (χ2n) is 10.0. The maximum atomic E-state index is 13.0. The monoisotopic (exact) mass is 453 g/mol. The number of nitrogens with zero attached hydrogens (tertiary/aromatic N) is 5. The van der Waals surface area contributed by atoms with Crippen LogP contribution < -0.4 is 0 Å². The summed E-state index contributed by atoms with van der Waals surface area (Å²) in [5.74, 6) is 2.20. The molecule has 3 saturated heterocycles. The number of hydrogen-bond donors (Lipinski definition) is 0. The van der Waals surface area contributed by atoms with E-state index in [9.17, 15) is 4.79 Å². The van der Waals surface area contributed by atoms with E-state index in [1.54, 1.807) is 0 Å². The maximum Gasteiger partial charge on any atom is 0.236 e. The summed E-state index contributed by atoms with van der Waals surface area (Å²) in [7, 11) is 0. The van der Waals surface area contributed by atoms with Crippen molar-refractivity contribution in [2.45, 2.75) is 58.3 Å². The van der Waals surface area contributed by atoms with Crippen LogP contribution in [0.4, 0.5) is 0 Å². The van der Waals surface area contributed by atoms with Gasteiger partial charge in [0.2, 0.25) is 5.91 Å². The van der Waals surface area contributed by atoms with Gasteiger partial charge < -0.3 is 14.2 Å². The lowest BCUT2D eigenvalue weighted by Crippen LogP contribution is -2.48. The molecule has 0 N–H and O–H groups in total. The second-order valence-corrected chi connectivity index (χ2v) is 10.0. The summed E-state index contributed by atoms with van der Waals surface area (Å²) in [5.41, 5.74) is 3.20. The number of aryl methyl sites for hydroxylation is 2. The van der Waals surface area contributed by atoms with E-state index in [-0.39, 0.29) is 5.91 Å². The standard InChI is InChI=1S/C25H35N5O3/c1-3-22-26-15-20(21-14-18(2)28-33-21)24(27-22)19-4-9-29(10-5-19)16-23(31)30-11-6-25(7-12-30)8-13-32-17-25/h14-15,19H,3-13,16-17H2,1-2H3. The van der Waals surface area contributed by atoms with Gasteiger partial charge in [-0.05, 0) is 57.5 Å². The highest BCUT2D eigenvalue weighted by Gasteiger charge is 2.39. The highest BCUT2D eigenvalue weighted by Crippen LogP contribution is 2.39. The van der Waals surface area contributed by atoms with Gasteiger partial charge in [0.25, 0.3) is 0 Å². The van der Waals surface area contributed by atoms with Crippen molar-refractivity contribution >= 4 is 5.91 Å². The molecule has 3 fully saturated rings. The van der Waals surface area contributed by atoms with Crippen molar-refractivity contribution in [3.05, 3.63) is 29.5 Å². The molecule has 1 amide bonds. The van der Waals surface area contributed by atoms with Gasteiger partial charge in [-0.15, -0.1) is 0 Å². The van der Waals surface area contributed by atoms with Gasteiger partial charge in [-0.3, -0.25) is 9.69 Å². The van der Waals surface area contributed by atoms with Crippen LogP contribution in [0.5, 0.6) is 0 Å². The van der Waals surface area contributed by atoms with Crippen molar-refractivity contribution in [2.24, 2.45) is 5.41 Å². The highest BCUT2D eigenvalue weighted by molar-refractivity contribution is 5.78. The first-order valence-electron chi connectivity index (χ1n) is 12.4. The van der Waals surface area contributed by atoms with E-state index < -0.39 is 0 Å². The van der Waals surface area contributed by atoms with E-state index in [4.69, 9.17) is 14.2 Å². The Kier molecular flexibility index (Phi) is 6.47. The lowest BCUT2D eigenvalue weighted by Gasteiger charge is -2.39. The van der Waals surface area contributed by atoms with Crippen molar-refractivity contribution < 1.29 is 14.1 Å². The number of carbonyl (C=O) groups is 1. The first-order chi connectivity index (χ1) is 16.0. The number of piperidine rings is 2. The van der Waals surface area contributed by atoms with Crippen LogP contribution in [0.2, 0.25) is 0 Å². The molecule has 3 aliphatic heterocycles. The van der Waals surface area contributed by atoms with Crippen LogP contribution in [0.25, 0.3) is 11.3 Å². The zero-order valence-corrected chi connectivity index (χ0v) is 19.9. The Hall–Kier alpha value is -2.32. The summed E-state index contributed by atoms with van der Waals surface area (Å²) in [4.78, 5) is 26.7. The predicted octanol–water partition coefficient (Wildman–Crippen LogP) is 3.21. The molecule has 178 valence electrons. The average molecular weight is 454 g/mol. The van der Waals surface area contributed by atoms with Crippen LogP contribution in [0.15, 0.2) is 16.8 Å². The number of aromatic nitrogens is 3. The molecule has 1 spiro atoms. The normalized spacial score (nSPS) is 21.7. The number of amides is 1. The third-order valence-electron chi connectivity index (χ3n) is 7.77. The Morgan fingerprint density at radius 2 is 1.97 bits per heavy atom. The fourth-order valence-electron chi connectivity index (χ4n) is 5.53. The Labute approximate surface area is 195 Å². The van der Waals surface area contributed by atoms with Gasteiger partial charge in [0.05, 0.1) is 30.1 Å². The molecule has 8 nitrogen and oxygen atoms in total. The SMILES string of the molecule is CCc1ncc(-c2cc(C)no2)c(C2CCN(CC(=O)N3CCC4(CCOC4)CC3)CC2)n1. The maximum absolute atomic E-state index is 13.0. The molecule has 5 rings (SSSR count). The molecule has 0 radical (unpaired) electrons. The van der Waals surface area contributed by atoms with Crippen LogP contribution >= 0.6 is 0 Å². The Morgan fingerprint density at radius 3 is 2.61 bits per heavy atom. The molecule has 33 heavy (non-hydrogen) atoms. The third kappa shape index (κ3) is 4.82. The minimum absolute atomic E-state index is 0.273. The van der Waals surface area contributed by atoms with Crippen LogP contribution in [-0.2, 0) is 16.0 Å². The molecule has 5 heterocycles. The Bertz CT molecular complexity index is 966. The Morgan fingerprint density at radius 1 is 1.18 bits per heavy atom. The van der Waals surface area contributed by atoms with Crippen molar-refractivity contribution in [2.75, 3.05) is 45.9 Å². The summed E-state index contributed by atoms with van der Waals surface area (Å²) >= 11 is 0. The minimum atomic E-state index is 0.273. The van der Waals surface area contributed by atoms with Crippen molar-refractivity contribution in [3.63, 3.8) is 0 Å². The van der Waals surface area contributed by atoms with Crippen LogP contribution in [0, 0.1) is 12.3 Å². The largest absolute Gasteiger partial charge is 0.381 e. The van der Waals surface area contributed by atoms with Gasteiger partial charge in [0, 0.05) is 44.3 Å². The molecule has 0 bridgehead atoms. The molecule has 0 aromatic carbocycles. The van der Waals surface area contributed by atoms with E-state index in [0.29, 0.717) is 17.9 Å². The highest BCUT2D eigenvalue weighted by atomic mass is 16.5. The summed E-state index contributed by atoms with van der Waals surface area (Å²) in [6.07, 6.45) is 7.97. The van der Waals surface area contributed by atoms with E-state index in [2.05, 4.69) is 26.9 Å². The molecule has 0 aliphatic carbocycles. The van der Waals surface area contributed by atoms with Gasteiger partial charge in [0.15, 0.2) is 5.76 Å². The number of ether oxygens (including phenoxy) is 1. The van der Waals surface area contributed by atoms with Gasteiger partial charge in [-0.1, -0.05) is 12.1 Å². The average Bonchev–Trinajstić information content (AvgIpc) is 3.48. The minimum Gasteiger partial charge on any atom is -0.381 e. The second kappa shape index (κ2) is 9.50. The fourth-order valence-corrected chi connectivity index (χ4v) is 5.53. The number of hydrogen-bond acceptors (Lipinski definition) is 7. The lowest BCUT2D eigenvalue weighted by molar-refractivity contribution is -0.135. The summed E-state index contributed by atoms with van der Waals surface area (Å²) in [6, 6.07) is 1.95.